The van der Waals surface area contributed by atoms with Gasteiger partial charge in [0.25, 0.3) is 5.69 Å². The highest BCUT2D eigenvalue weighted by Crippen LogP contribution is 2.31. The number of benzene rings is 2. The summed E-state index contributed by atoms with van der Waals surface area (Å²) >= 11 is 0. The summed E-state index contributed by atoms with van der Waals surface area (Å²) in [5.41, 5.74) is 3.20. The first-order valence-electron chi connectivity index (χ1n) is 6.19. The van der Waals surface area contributed by atoms with Crippen LogP contribution in [0.2, 0.25) is 0 Å². The molecule has 0 fully saturated rings. The highest BCUT2D eigenvalue weighted by molar-refractivity contribution is 5.61. The van der Waals surface area contributed by atoms with Crippen LogP contribution in [0.5, 0.6) is 0 Å². The Morgan fingerprint density at radius 3 is 2.35 bits per heavy atom. The van der Waals surface area contributed by atoms with Crippen molar-refractivity contribution in [3.05, 3.63) is 69.3 Å². The number of nitriles is 1. The molecule has 5 heteroatoms. The van der Waals surface area contributed by atoms with E-state index in [2.05, 4.69) is 17.0 Å². The minimum absolute atomic E-state index is 0.0930. The summed E-state index contributed by atoms with van der Waals surface area (Å²) in [5, 5.41) is 19.9. The quantitative estimate of drug-likeness (QED) is 0.618. The Balaban J connectivity index is 1.96. The predicted octanol–water partition coefficient (Wildman–Crippen LogP) is 2.99. The molecule has 1 heterocycles. The van der Waals surface area contributed by atoms with E-state index in [1.165, 1.54) is 23.3 Å². The Kier molecular flexibility index (Phi) is 2.84. The van der Waals surface area contributed by atoms with Crippen molar-refractivity contribution < 1.29 is 4.92 Å². The average Bonchev–Trinajstić information content (AvgIpc) is 2.90. The van der Waals surface area contributed by atoms with Crippen LogP contribution in [0.25, 0.3) is 0 Å². The zero-order chi connectivity index (χ0) is 14.1. The highest BCUT2D eigenvalue weighted by Gasteiger charge is 2.22. The lowest BCUT2D eigenvalue weighted by atomic mass is 10.1. The number of nitro benzene ring substituents is 1. The molecule has 0 unspecified atom stereocenters. The van der Waals surface area contributed by atoms with Crippen LogP contribution < -0.4 is 4.90 Å². The van der Waals surface area contributed by atoms with E-state index in [9.17, 15) is 10.1 Å². The number of hydrogen-bond acceptors (Lipinski definition) is 4. The second kappa shape index (κ2) is 4.67. The van der Waals surface area contributed by atoms with Crippen molar-refractivity contribution in [2.75, 3.05) is 4.90 Å². The molecule has 0 saturated heterocycles. The van der Waals surface area contributed by atoms with E-state index in [0.717, 1.165) is 18.8 Å². The van der Waals surface area contributed by atoms with E-state index in [0.29, 0.717) is 0 Å². The molecule has 1 aliphatic rings. The average molecular weight is 265 g/mol. The molecular formula is C15H11N3O2. The molecule has 0 amide bonds. The number of rotatable bonds is 2. The fourth-order valence-corrected chi connectivity index (χ4v) is 2.48. The number of nitrogens with zero attached hydrogens (tertiary/aromatic N) is 3. The topological polar surface area (TPSA) is 70.2 Å². The molecule has 20 heavy (non-hydrogen) atoms. The third-order valence-electron chi connectivity index (χ3n) is 3.50. The fraction of sp³-hybridized carbons (Fsp3) is 0.133. The molecule has 0 atom stereocenters. The van der Waals surface area contributed by atoms with E-state index >= 15 is 0 Å². The third-order valence-corrected chi connectivity index (χ3v) is 3.50. The molecule has 2 aromatic carbocycles. The number of nitro groups is 1. The second-order valence-electron chi connectivity index (χ2n) is 4.70. The summed E-state index contributed by atoms with van der Waals surface area (Å²) in [6.07, 6.45) is 0. The summed E-state index contributed by atoms with van der Waals surface area (Å²) in [6, 6.07) is 14.7. The van der Waals surface area contributed by atoms with Crippen LogP contribution in [0.15, 0.2) is 42.5 Å². The van der Waals surface area contributed by atoms with Gasteiger partial charge in [-0.15, -0.1) is 0 Å². The van der Waals surface area contributed by atoms with Crippen molar-refractivity contribution in [1.82, 2.24) is 0 Å². The minimum Gasteiger partial charge on any atom is -0.363 e. The second-order valence-corrected chi connectivity index (χ2v) is 4.70. The maximum absolute atomic E-state index is 11.0. The van der Waals surface area contributed by atoms with Crippen molar-refractivity contribution in [1.29, 1.82) is 5.26 Å². The first kappa shape index (κ1) is 12.2. The van der Waals surface area contributed by atoms with Gasteiger partial charge in [-0.25, -0.2) is 0 Å². The van der Waals surface area contributed by atoms with Crippen LogP contribution in [0, 0.1) is 21.4 Å². The Morgan fingerprint density at radius 2 is 1.80 bits per heavy atom. The summed E-state index contributed by atoms with van der Waals surface area (Å²) in [7, 11) is 0. The van der Waals surface area contributed by atoms with Crippen LogP contribution in [0.4, 0.5) is 11.4 Å². The molecule has 0 spiro atoms. The summed E-state index contributed by atoms with van der Waals surface area (Å²) in [6.45, 7) is 1.47. The van der Waals surface area contributed by atoms with Crippen LogP contribution in [-0.2, 0) is 13.1 Å². The van der Waals surface area contributed by atoms with Gasteiger partial charge >= 0.3 is 0 Å². The molecule has 0 aliphatic carbocycles. The van der Waals surface area contributed by atoms with Gasteiger partial charge in [-0.05, 0) is 23.3 Å². The van der Waals surface area contributed by atoms with Gasteiger partial charge in [-0.1, -0.05) is 24.3 Å². The van der Waals surface area contributed by atoms with E-state index < -0.39 is 4.92 Å². The van der Waals surface area contributed by atoms with Crippen LogP contribution in [-0.4, -0.2) is 4.92 Å². The van der Waals surface area contributed by atoms with E-state index in [4.69, 9.17) is 5.26 Å². The molecule has 0 saturated carbocycles. The zero-order valence-corrected chi connectivity index (χ0v) is 10.6. The molecule has 0 radical (unpaired) electrons. The number of hydrogen-bond donors (Lipinski definition) is 0. The van der Waals surface area contributed by atoms with Gasteiger partial charge in [0.2, 0.25) is 0 Å². The first-order valence-corrected chi connectivity index (χ1v) is 6.19. The lowest BCUT2D eigenvalue weighted by molar-refractivity contribution is -0.385. The van der Waals surface area contributed by atoms with Crippen molar-refractivity contribution in [3.8, 4) is 6.07 Å². The Labute approximate surface area is 115 Å². The highest BCUT2D eigenvalue weighted by atomic mass is 16.6. The van der Waals surface area contributed by atoms with Gasteiger partial charge in [0.15, 0.2) is 0 Å². The van der Waals surface area contributed by atoms with Crippen molar-refractivity contribution in [2.24, 2.45) is 0 Å². The lowest BCUT2D eigenvalue weighted by Gasteiger charge is -2.17. The number of fused-ring (bicyclic) bond motifs is 1. The fourth-order valence-electron chi connectivity index (χ4n) is 2.48. The van der Waals surface area contributed by atoms with Gasteiger partial charge in [-0.3, -0.25) is 10.1 Å². The van der Waals surface area contributed by atoms with E-state index in [1.807, 2.05) is 18.2 Å². The van der Waals surface area contributed by atoms with Gasteiger partial charge in [-0.2, -0.15) is 5.26 Å². The van der Waals surface area contributed by atoms with E-state index in [-0.39, 0.29) is 11.3 Å². The van der Waals surface area contributed by atoms with Crippen molar-refractivity contribution in [3.63, 3.8) is 0 Å². The molecule has 3 rings (SSSR count). The monoisotopic (exact) mass is 265 g/mol. The van der Waals surface area contributed by atoms with Crippen LogP contribution in [0.3, 0.4) is 0 Å². The molecule has 5 nitrogen and oxygen atoms in total. The largest absolute Gasteiger partial charge is 0.363 e. The molecule has 0 bridgehead atoms. The zero-order valence-electron chi connectivity index (χ0n) is 10.6. The molecule has 1 aliphatic heterocycles. The maximum Gasteiger partial charge on any atom is 0.289 e. The Morgan fingerprint density at radius 1 is 1.15 bits per heavy atom. The predicted molar refractivity (Wildman–Crippen MR) is 74.1 cm³/mol. The van der Waals surface area contributed by atoms with Gasteiger partial charge in [0, 0.05) is 24.8 Å². The van der Waals surface area contributed by atoms with Gasteiger partial charge < -0.3 is 4.90 Å². The Bertz CT molecular complexity index is 709. The molecular weight excluding hydrogens is 254 g/mol. The summed E-state index contributed by atoms with van der Waals surface area (Å²) in [4.78, 5) is 12.6. The minimum atomic E-state index is -0.509. The van der Waals surface area contributed by atoms with Crippen molar-refractivity contribution >= 4 is 11.4 Å². The standard InChI is InChI=1S/C15H11N3O2/c16-8-11-5-6-14(7-15(11)18(19)20)17-9-12-3-1-2-4-13(12)10-17/h1-7H,9-10H2. The first-order chi connectivity index (χ1) is 9.69. The molecule has 0 N–H and O–H groups in total. The number of anilines is 1. The molecule has 0 aromatic heterocycles. The van der Waals surface area contributed by atoms with Gasteiger partial charge in [0.1, 0.15) is 11.6 Å². The summed E-state index contributed by atoms with van der Waals surface area (Å²) in [5.74, 6) is 0. The maximum atomic E-state index is 11.0. The SMILES string of the molecule is N#Cc1ccc(N2Cc3ccccc3C2)cc1[N+](=O)[O-]. The molecule has 2 aromatic rings. The smallest absolute Gasteiger partial charge is 0.289 e. The molecule has 98 valence electrons. The van der Waals surface area contributed by atoms with Crippen LogP contribution in [0.1, 0.15) is 16.7 Å². The Hall–Kier alpha value is -2.87. The lowest BCUT2D eigenvalue weighted by Crippen LogP contribution is -2.14. The normalized spacial score (nSPS) is 12.8. The van der Waals surface area contributed by atoms with Crippen LogP contribution >= 0.6 is 0 Å². The van der Waals surface area contributed by atoms with Crippen molar-refractivity contribution in [2.45, 2.75) is 13.1 Å². The van der Waals surface area contributed by atoms with Gasteiger partial charge in [0.05, 0.1) is 4.92 Å². The summed E-state index contributed by atoms with van der Waals surface area (Å²) < 4.78 is 0. The third kappa shape index (κ3) is 1.97. The van der Waals surface area contributed by atoms with E-state index in [1.54, 1.807) is 6.07 Å².